The highest BCUT2D eigenvalue weighted by Crippen LogP contribution is 2.20. The monoisotopic (exact) mass is 281 g/mol. The zero-order chi connectivity index (χ0) is 14.7. The standard InChI is InChI=1S/C18H16FNO/c19-16-8-9-18(21)15(10-16)12-20-11-14-6-3-5-13-4-1-2-7-17(13)14/h1-10,20-21H,11-12H2. The Bertz CT molecular complexity index is 765. The minimum absolute atomic E-state index is 0.113. The van der Waals surface area contributed by atoms with Crippen LogP contribution in [0.15, 0.2) is 60.7 Å². The van der Waals surface area contributed by atoms with Crippen LogP contribution in [0.2, 0.25) is 0 Å². The van der Waals surface area contributed by atoms with Crippen molar-refractivity contribution in [3.63, 3.8) is 0 Å². The zero-order valence-corrected chi connectivity index (χ0v) is 11.5. The van der Waals surface area contributed by atoms with Crippen molar-refractivity contribution in [1.29, 1.82) is 0 Å². The summed E-state index contributed by atoms with van der Waals surface area (Å²) in [4.78, 5) is 0. The predicted molar refractivity (Wildman–Crippen MR) is 82.6 cm³/mol. The third-order valence-corrected chi connectivity index (χ3v) is 3.55. The van der Waals surface area contributed by atoms with Crippen molar-refractivity contribution < 1.29 is 9.50 Å². The smallest absolute Gasteiger partial charge is 0.123 e. The van der Waals surface area contributed by atoms with E-state index in [1.54, 1.807) is 0 Å². The summed E-state index contributed by atoms with van der Waals surface area (Å²) in [6.07, 6.45) is 0. The van der Waals surface area contributed by atoms with Gasteiger partial charge in [-0.3, -0.25) is 0 Å². The molecule has 0 fully saturated rings. The van der Waals surface area contributed by atoms with Crippen LogP contribution in [-0.4, -0.2) is 5.11 Å². The molecule has 3 heteroatoms. The fourth-order valence-electron chi connectivity index (χ4n) is 2.47. The van der Waals surface area contributed by atoms with Crippen LogP contribution in [0.4, 0.5) is 4.39 Å². The van der Waals surface area contributed by atoms with Gasteiger partial charge < -0.3 is 10.4 Å². The van der Waals surface area contributed by atoms with E-state index in [-0.39, 0.29) is 11.6 Å². The summed E-state index contributed by atoms with van der Waals surface area (Å²) in [5.41, 5.74) is 1.75. The maximum Gasteiger partial charge on any atom is 0.123 e. The molecule has 0 atom stereocenters. The molecule has 3 aromatic carbocycles. The highest BCUT2D eigenvalue weighted by Gasteiger charge is 2.04. The van der Waals surface area contributed by atoms with Gasteiger partial charge >= 0.3 is 0 Å². The number of rotatable bonds is 4. The van der Waals surface area contributed by atoms with Crippen LogP contribution in [-0.2, 0) is 13.1 Å². The van der Waals surface area contributed by atoms with E-state index in [4.69, 9.17) is 0 Å². The summed E-state index contributed by atoms with van der Waals surface area (Å²) in [5, 5.41) is 15.4. The second-order valence-electron chi connectivity index (χ2n) is 5.01. The highest BCUT2D eigenvalue weighted by atomic mass is 19.1. The maximum absolute atomic E-state index is 13.2. The van der Waals surface area contributed by atoms with E-state index in [2.05, 4.69) is 29.6 Å². The van der Waals surface area contributed by atoms with Crippen LogP contribution < -0.4 is 5.32 Å². The second-order valence-corrected chi connectivity index (χ2v) is 5.01. The van der Waals surface area contributed by atoms with Crippen molar-refractivity contribution in [2.45, 2.75) is 13.1 Å². The summed E-state index contributed by atoms with van der Waals surface area (Å²) in [6, 6.07) is 18.4. The molecule has 2 N–H and O–H groups in total. The molecule has 0 bridgehead atoms. The molecule has 0 amide bonds. The van der Waals surface area contributed by atoms with Gasteiger partial charge in [-0.15, -0.1) is 0 Å². The summed E-state index contributed by atoms with van der Waals surface area (Å²) in [5.74, 6) is -0.225. The van der Waals surface area contributed by atoms with Crippen molar-refractivity contribution in [3.05, 3.63) is 77.6 Å². The SMILES string of the molecule is Oc1ccc(F)cc1CNCc1cccc2ccccc12. The minimum atomic E-state index is -0.338. The van der Waals surface area contributed by atoms with Gasteiger partial charge in [0.25, 0.3) is 0 Å². The molecule has 2 nitrogen and oxygen atoms in total. The first-order valence-corrected chi connectivity index (χ1v) is 6.89. The molecule has 3 aromatic rings. The van der Waals surface area contributed by atoms with E-state index in [1.807, 2.05) is 18.2 Å². The molecule has 0 unspecified atom stereocenters. The number of halogens is 1. The van der Waals surface area contributed by atoms with Gasteiger partial charge in [-0.1, -0.05) is 42.5 Å². The zero-order valence-electron chi connectivity index (χ0n) is 11.5. The van der Waals surface area contributed by atoms with Crippen LogP contribution >= 0.6 is 0 Å². The summed E-state index contributed by atoms with van der Waals surface area (Å²) >= 11 is 0. The predicted octanol–water partition coefficient (Wildman–Crippen LogP) is 3.97. The number of phenolic OH excluding ortho intramolecular Hbond substituents is 1. The van der Waals surface area contributed by atoms with Gasteiger partial charge in [0.2, 0.25) is 0 Å². The molecular weight excluding hydrogens is 265 g/mol. The number of benzene rings is 3. The van der Waals surface area contributed by atoms with Gasteiger partial charge in [-0.05, 0) is 34.5 Å². The summed E-state index contributed by atoms with van der Waals surface area (Å²) in [7, 11) is 0. The first-order valence-electron chi connectivity index (χ1n) is 6.89. The third-order valence-electron chi connectivity index (χ3n) is 3.55. The Kier molecular flexibility index (Phi) is 3.84. The lowest BCUT2D eigenvalue weighted by Crippen LogP contribution is -2.13. The molecule has 0 saturated heterocycles. The average molecular weight is 281 g/mol. The Balaban J connectivity index is 1.74. The number of hydrogen-bond acceptors (Lipinski definition) is 2. The fraction of sp³-hybridized carbons (Fsp3) is 0.111. The number of phenols is 1. The van der Waals surface area contributed by atoms with Crippen molar-refractivity contribution in [1.82, 2.24) is 5.32 Å². The molecule has 0 saturated carbocycles. The van der Waals surface area contributed by atoms with E-state index < -0.39 is 0 Å². The lowest BCUT2D eigenvalue weighted by molar-refractivity contribution is 0.461. The highest BCUT2D eigenvalue weighted by molar-refractivity contribution is 5.85. The van der Waals surface area contributed by atoms with E-state index >= 15 is 0 Å². The molecule has 106 valence electrons. The van der Waals surface area contributed by atoms with E-state index in [0.717, 1.165) is 0 Å². The van der Waals surface area contributed by atoms with Crippen LogP contribution in [0.1, 0.15) is 11.1 Å². The molecule has 0 spiro atoms. The van der Waals surface area contributed by atoms with Crippen LogP contribution in [0.25, 0.3) is 10.8 Å². The normalized spacial score (nSPS) is 10.9. The fourth-order valence-corrected chi connectivity index (χ4v) is 2.47. The minimum Gasteiger partial charge on any atom is -0.508 e. The van der Waals surface area contributed by atoms with Crippen molar-refractivity contribution in [2.75, 3.05) is 0 Å². The lowest BCUT2D eigenvalue weighted by atomic mass is 10.0. The molecular formula is C18H16FNO. The lowest BCUT2D eigenvalue weighted by Gasteiger charge is -2.09. The van der Waals surface area contributed by atoms with Crippen molar-refractivity contribution >= 4 is 10.8 Å². The van der Waals surface area contributed by atoms with Crippen LogP contribution in [0.5, 0.6) is 5.75 Å². The summed E-state index contributed by atoms with van der Waals surface area (Å²) < 4.78 is 13.2. The molecule has 0 aromatic heterocycles. The van der Waals surface area contributed by atoms with Crippen LogP contribution in [0, 0.1) is 5.82 Å². The van der Waals surface area contributed by atoms with E-state index in [1.165, 1.54) is 34.5 Å². The van der Waals surface area contributed by atoms with Gasteiger partial charge in [-0.2, -0.15) is 0 Å². The Morgan fingerprint density at radius 1 is 0.857 bits per heavy atom. The van der Waals surface area contributed by atoms with Gasteiger partial charge in [-0.25, -0.2) is 4.39 Å². The van der Waals surface area contributed by atoms with Crippen molar-refractivity contribution in [2.24, 2.45) is 0 Å². The maximum atomic E-state index is 13.2. The average Bonchev–Trinajstić information content (AvgIpc) is 2.51. The van der Waals surface area contributed by atoms with Gasteiger partial charge in [0.05, 0.1) is 0 Å². The molecule has 21 heavy (non-hydrogen) atoms. The van der Waals surface area contributed by atoms with E-state index in [9.17, 15) is 9.50 Å². The summed E-state index contributed by atoms with van der Waals surface area (Å²) in [6.45, 7) is 1.09. The Labute approximate surface area is 122 Å². The molecule has 0 aliphatic heterocycles. The number of hydrogen-bond donors (Lipinski definition) is 2. The van der Waals surface area contributed by atoms with Gasteiger partial charge in [0.15, 0.2) is 0 Å². The third kappa shape index (κ3) is 3.03. The number of aromatic hydroxyl groups is 1. The molecule has 0 heterocycles. The molecule has 3 rings (SSSR count). The first-order chi connectivity index (χ1) is 10.2. The largest absolute Gasteiger partial charge is 0.508 e. The molecule has 0 aliphatic rings. The van der Waals surface area contributed by atoms with Crippen molar-refractivity contribution in [3.8, 4) is 5.75 Å². The van der Waals surface area contributed by atoms with Gasteiger partial charge in [0.1, 0.15) is 11.6 Å². The first kappa shape index (κ1) is 13.6. The Hall–Kier alpha value is -2.39. The Morgan fingerprint density at radius 3 is 2.52 bits per heavy atom. The quantitative estimate of drug-likeness (QED) is 0.758. The molecule has 0 radical (unpaired) electrons. The number of fused-ring (bicyclic) bond motifs is 1. The Morgan fingerprint density at radius 2 is 1.62 bits per heavy atom. The number of nitrogens with one attached hydrogen (secondary N) is 1. The van der Waals surface area contributed by atoms with Crippen LogP contribution in [0.3, 0.4) is 0 Å². The topological polar surface area (TPSA) is 32.3 Å². The molecule has 0 aliphatic carbocycles. The second kappa shape index (κ2) is 5.94. The van der Waals surface area contributed by atoms with Gasteiger partial charge in [0, 0.05) is 18.7 Å². The van der Waals surface area contributed by atoms with E-state index in [0.29, 0.717) is 18.7 Å².